The predicted molar refractivity (Wildman–Crippen MR) is 146 cm³/mol. The second-order valence-electron chi connectivity index (χ2n) is 10.9. The van der Waals surface area contributed by atoms with Crippen molar-refractivity contribution in [2.24, 2.45) is 0 Å². The van der Waals surface area contributed by atoms with Gasteiger partial charge in [-0.15, -0.1) is 10.2 Å². The fourth-order valence-electron chi connectivity index (χ4n) is 5.90. The molecule has 0 radical (unpaired) electrons. The Bertz CT molecular complexity index is 1350. The van der Waals surface area contributed by atoms with Crippen LogP contribution in [0.3, 0.4) is 0 Å². The lowest BCUT2D eigenvalue weighted by Crippen LogP contribution is -2.50. The molecule has 2 N–H and O–H groups in total. The summed E-state index contributed by atoms with van der Waals surface area (Å²) >= 11 is 0. The van der Waals surface area contributed by atoms with Crippen molar-refractivity contribution in [3.8, 4) is 22.8 Å². The first-order chi connectivity index (χ1) is 19.1. The molecule has 0 amide bonds. The number of phenolic OH excluding ortho intramolecular Hbond substituents is 1. The van der Waals surface area contributed by atoms with Gasteiger partial charge in [0.25, 0.3) is 0 Å². The molecule has 2 aromatic carbocycles. The molecule has 0 spiro atoms. The molecule has 5 rings (SSSR count). The highest BCUT2D eigenvalue weighted by atomic mass is 19.4. The first-order valence-corrected chi connectivity index (χ1v) is 13.6. The minimum atomic E-state index is -4.57. The highest BCUT2D eigenvalue weighted by molar-refractivity contribution is 5.73. The molecule has 1 aliphatic carbocycles. The molecule has 1 fully saturated rings. The topological polar surface area (TPSA) is 82.0 Å². The highest BCUT2D eigenvalue weighted by Gasteiger charge is 2.37. The summed E-state index contributed by atoms with van der Waals surface area (Å²) in [5.74, 6) is 0.967. The monoisotopic (exact) mass is 556 g/mol. The number of fused-ring (bicyclic) bond motifs is 1. The molecule has 0 unspecified atom stereocenters. The molecule has 2 aliphatic rings. The van der Waals surface area contributed by atoms with E-state index in [0.717, 1.165) is 60.3 Å². The van der Waals surface area contributed by atoms with Gasteiger partial charge in [-0.05, 0) is 68.1 Å². The number of hydrogen-bond acceptors (Lipinski definition) is 7. The number of aliphatic hydroxyl groups is 1. The molecule has 40 heavy (non-hydrogen) atoms. The number of anilines is 1. The van der Waals surface area contributed by atoms with E-state index in [1.54, 1.807) is 7.11 Å². The molecule has 214 valence electrons. The number of alkyl halides is 3. The highest BCUT2D eigenvalue weighted by Crippen LogP contribution is 2.40. The van der Waals surface area contributed by atoms with E-state index in [9.17, 15) is 23.4 Å². The van der Waals surface area contributed by atoms with Gasteiger partial charge in [-0.1, -0.05) is 25.0 Å². The van der Waals surface area contributed by atoms with E-state index >= 15 is 0 Å². The Hall–Kier alpha value is -3.37. The quantitative estimate of drug-likeness (QED) is 0.417. The summed E-state index contributed by atoms with van der Waals surface area (Å²) < 4.78 is 45.0. The fraction of sp³-hybridized carbons (Fsp3) is 0.467. The summed E-state index contributed by atoms with van der Waals surface area (Å²) in [4.78, 5) is 4.51. The van der Waals surface area contributed by atoms with Crippen LogP contribution in [0.5, 0.6) is 11.5 Å². The van der Waals surface area contributed by atoms with Gasteiger partial charge in [0.15, 0.2) is 5.82 Å². The van der Waals surface area contributed by atoms with Gasteiger partial charge in [-0.3, -0.25) is 4.90 Å². The summed E-state index contributed by atoms with van der Waals surface area (Å²) in [6.07, 6.45) is -1.49. The standard InChI is InChI=1S/C30H35F3N4O3/c1-18-15-37(25-6-4-5-7-26(25)38)29-24(17-36(18)16-20-8-11-22(40-3)12-9-20)19(2)28(34-35-29)23-13-10-21(14-27(23)39)30(31,32)33/h8-14,18,25-26,38-39H,4-7,15-17H2,1-3H3/t18-,25-,26-/m1/s1. The number of benzene rings is 2. The van der Waals surface area contributed by atoms with E-state index < -0.39 is 23.6 Å². The lowest BCUT2D eigenvalue weighted by molar-refractivity contribution is -0.137. The maximum Gasteiger partial charge on any atom is 0.416 e. The van der Waals surface area contributed by atoms with Crippen LogP contribution in [-0.4, -0.2) is 57.2 Å². The van der Waals surface area contributed by atoms with Crippen molar-refractivity contribution < 1.29 is 28.1 Å². The maximum atomic E-state index is 13.2. The molecular formula is C30H35F3N4O3. The third-order valence-corrected chi connectivity index (χ3v) is 8.26. The zero-order valence-corrected chi connectivity index (χ0v) is 22.9. The Morgan fingerprint density at radius 1 is 1.05 bits per heavy atom. The Balaban J connectivity index is 1.57. The van der Waals surface area contributed by atoms with E-state index in [1.807, 2.05) is 31.2 Å². The Labute approximate surface area is 232 Å². The molecule has 3 aromatic rings. The fourth-order valence-corrected chi connectivity index (χ4v) is 5.90. The Morgan fingerprint density at radius 2 is 1.77 bits per heavy atom. The van der Waals surface area contributed by atoms with E-state index in [0.29, 0.717) is 31.1 Å². The van der Waals surface area contributed by atoms with Gasteiger partial charge in [0.1, 0.15) is 17.2 Å². The Morgan fingerprint density at radius 3 is 2.42 bits per heavy atom. The Kier molecular flexibility index (Phi) is 7.92. The normalized spacial score (nSPS) is 22.1. The number of aromatic hydroxyl groups is 1. The van der Waals surface area contributed by atoms with Crippen LogP contribution < -0.4 is 9.64 Å². The van der Waals surface area contributed by atoms with Crippen LogP contribution >= 0.6 is 0 Å². The molecule has 1 aliphatic heterocycles. The van der Waals surface area contributed by atoms with Crippen molar-refractivity contribution in [1.82, 2.24) is 15.1 Å². The second kappa shape index (κ2) is 11.2. The molecule has 1 aromatic heterocycles. The van der Waals surface area contributed by atoms with Crippen LogP contribution in [0.2, 0.25) is 0 Å². The van der Waals surface area contributed by atoms with Gasteiger partial charge in [-0.25, -0.2) is 0 Å². The van der Waals surface area contributed by atoms with Gasteiger partial charge in [-0.2, -0.15) is 13.2 Å². The molecule has 1 saturated carbocycles. The first-order valence-electron chi connectivity index (χ1n) is 13.6. The predicted octanol–water partition coefficient (Wildman–Crippen LogP) is 5.70. The number of ether oxygens (including phenoxy) is 1. The summed E-state index contributed by atoms with van der Waals surface area (Å²) in [7, 11) is 1.63. The summed E-state index contributed by atoms with van der Waals surface area (Å²) in [5.41, 5.74) is 2.35. The lowest BCUT2D eigenvalue weighted by atomic mass is 9.90. The average molecular weight is 557 g/mol. The largest absolute Gasteiger partial charge is 0.507 e. The van der Waals surface area contributed by atoms with Crippen LogP contribution in [0.4, 0.5) is 19.0 Å². The molecule has 0 saturated heterocycles. The number of aliphatic hydroxyl groups excluding tert-OH is 1. The average Bonchev–Trinajstić information content (AvgIpc) is 3.06. The number of halogens is 3. The molecular weight excluding hydrogens is 521 g/mol. The molecule has 0 bridgehead atoms. The smallest absolute Gasteiger partial charge is 0.416 e. The van der Waals surface area contributed by atoms with Gasteiger partial charge in [0, 0.05) is 36.8 Å². The van der Waals surface area contributed by atoms with Gasteiger partial charge in [0.2, 0.25) is 0 Å². The molecule has 3 atom stereocenters. The number of rotatable bonds is 5. The number of phenols is 1. The van der Waals surface area contributed by atoms with Crippen LogP contribution in [0.1, 0.15) is 54.9 Å². The second-order valence-corrected chi connectivity index (χ2v) is 10.9. The maximum absolute atomic E-state index is 13.2. The van der Waals surface area contributed by atoms with E-state index in [2.05, 4.69) is 26.9 Å². The number of aromatic nitrogens is 2. The third kappa shape index (κ3) is 5.60. The zero-order valence-electron chi connectivity index (χ0n) is 22.9. The summed E-state index contributed by atoms with van der Waals surface area (Å²) in [6.45, 7) is 5.86. The summed E-state index contributed by atoms with van der Waals surface area (Å²) in [5, 5.41) is 30.6. The van der Waals surface area contributed by atoms with Crippen LogP contribution in [0.25, 0.3) is 11.3 Å². The van der Waals surface area contributed by atoms with E-state index in [4.69, 9.17) is 4.74 Å². The van der Waals surface area contributed by atoms with Crippen LogP contribution in [0.15, 0.2) is 42.5 Å². The molecule has 2 heterocycles. The van der Waals surface area contributed by atoms with Crippen molar-refractivity contribution >= 4 is 5.82 Å². The van der Waals surface area contributed by atoms with Crippen molar-refractivity contribution in [2.45, 2.75) is 77.0 Å². The molecule has 10 heteroatoms. The van der Waals surface area contributed by atoms with Crippen molar-refractivity contribution in [2.75, 3.05) is 18.6 Å². The lowest BCUT2D eigenvalue weighted by Gasteiger charge is -2.39. The summed E-state index contributed by atoms with van der Waals surface area (Å²) in [6, 6.07) is 10.8. The van der Waals surface area contributed by atoms with E-state index in [-0.39, 0.29) is 17.6 Å². The van der Waals surface area contributed by atoms with Gasteiger partial charge < -0.3 is 19.8 Å². The number of methoxy groups -OCH3 is 1. The van der Waals surface area contributed by atoms with Crippen molar-refractivity contribution in [3.63, 3.8) is 0 Å². The van der Waals surface area contributed by atoms with E-state index in [1.165, 1.54) is 6.07 Å². The first kappa shape index (κ1) is 28.2. The third-order valence-electron chi connectivity index (χ3n) is 8.26. The van der Waals surface area contributed by atoms with Crippen molar-refractivity contribution in [1.29, 1.82) is 0 Å². The zero-order chi connectivity index (χ0) is 28.6. The van der Waals surface area contributed by atoms with Crippen molar-refractivity contribution in [3.05, 3.63) is 64.7 Å². The SMILES string of the molecule is COc1ccc(CN2Cc3c(nnc(-c4ccc(C(F)(F)F)cc4O)c3C)N([C@@H]3CCCC[C@H]3O)C[C@H]2C)cc1. The minimum absolute atomic E-state index is 0.102. The van der Waals surface area contributed by atoms with Crippen LogP contribution in [-0.2, 0) is 19.3 Å². The van der Waals surface area contributed by atoms with Gasteiger partial charge >= 0.3 is 6.18 Å². The minimum Gasteiger partial charge on any atom is -0.507 e. The van der Waals surface area contributed by atoms with Crippen LogP contribution in [0, 0.1) is 6.92 Å². The number of hydrogen-bond donors (Lipinski definition) is 2. The van der Waals surface area contributed by atoms with Gasteiger partial charge in [0.05, 0.1) is 24.8 Å². The number of nitrogens with zero attached hydrogens (tertiary/aromatic N) is 4. The molecule has 7 nitrogen and oxygen atoms in total.